The van der Waals surface area contributed by atoms with Gasteiger partial charge in [-0.25, -0.2) is 0 Å². The summed E-state index contributed by atoms with van der Waals surface area (Å²) in [4.78, 5) is 0. The van der Waals surface area contributed by atoms with Crippen molar-refractivity contribution in [3.8, 4) is 0 Å². The SMILES string of the molecule is CNC(CCC1CC1)c1cccc(C)c1Br. The number of aryl methyl sites for hydroxylation is 1. The standard InChI is InChI=1S/C14H20BrN/c1-10-4-3-5-12(14(10)15)13(16-2)9-8-11-6-7-11/h3-5,11,13,16H,6-9H2,1-2H3. The molecule has 0 radical (unpaired) electrons. The van der Waals surface area contributed by atoms with Gasteiger partial charge in [-0.1, -0.05) is 47.0 Å². The molecule has 16 heavy (non-hydrogen) atoms. The van der Waals surface area contributed by atoms with Crippen LogP contribution in [0, 0.1) is 12.8 Å². The summed E-state index contributed by atoms with van der Waals surface area (Å²) in [7, 11) is 2.06. The van der Waals surface area contributed by atoms with Crippen molar-refractivity contribution in [3.05, 3.63) is 33.8 Å². The maximum atomic E-state index is 3.70. The number of benzene rings is 1. The van der Waals surface area contributed by atoms with Crippen LogP contribution in [0.2, 0.25) is 0 Å². The number of hydrogen-bond acceptors (Lipinski definition) is 1. The monoisotopic (exact) mass is 281 g/mol. The first kappa shape index (κ1) is 12.1. The number of nitrogens with one attached hydrogen (secondary N) is 1. The van der Waals surface area contributed by atoms with Crippen molar-refractivity contribution in [1.82, 2.24) is 5.32 Å². The Morgan fingerprint density at radius 2 is 2.19 bits per heavy atom. The summed E-state index contributed by atoms with van der Waals surface area (Å²) in [6, 6.07) is 7.03. The molecule has 1 nitrogen and oxygen atoms in total. The van der Waals surface area contributed by atoms with Crippen LogP contribution in [0.15, 0.2) is 22.7 Å². The van der Waals surface area contributed by atoms with Crippen LogP contribution in [0.5, 0.6) is 0 Å². The summed E-state index contributed by atoms with van der Waals surface area (Å²) in [6.45, 7) is 2.15. The van der Waals surface area contributed by atoms with Gasteiger partial charge in [0.15, 0.2) is 0 Å². The van der Waals surface area contributed by atoms with E-state index in [1.165, 1.54) is 41.3 Å². The van der Waals surface area contributed by atoms with Gasteiger partial charge in [-0.15, -0.1) is 0 Å². The fourth-order valence-corrected chi connectivity index (χ4v) is 2.74. The van der Waals surface area contributed by atoms with E-state index in [0.29, 0.717) is 6.04 Å². The molecule has 0 amide bonds. The van der Waals surface area contributed by atoms with Crippen LogP contribution in [-0.2, 0) is 0 Å². The van der Waals surface area contributed by atoms with E-state index in [9.17, 15) is 0 Å². The first-order valence-corrected chi connectivity index (χ1v) is 6.94. The third-order valence-electron chi connectivity index (χ3n) is 3.51. The molecule has 0 aromatic heterocycles. The van der Waals surface area contributed by atoms with E-state index in [1.54, 1.807) is 0 Å². The van der Waals surface area contributed by atoms with Crippen molar-refractivity contribution in [1.29, 1.82) is 0 Å². The van der Waals surface area contributed by atoms with Gasteiger partial charge in [0.2, 0.25) is 0 Å². The molecule has 0 saturated heterocycles. The predicted octanol–water partition coefficient (Wildman–Crippen LogP) is 4.21. The van der Waals surface area contributed by atoms with Crippen LogP contribution >= 0.6 is 15.9 Å². The van der Waals surface area contributed by atoms with E-state index in [1.807, 2.05) is 0 Å². The second-order valence-electron chi connectivity index (χ2n) is 4.84. The molecular weight excluding hydrogens is 262 g/mol. The van der Waals surface area contributed by atoms with Gasteiger partial charge in [0.1, 0.15) is 0 Å². The normalized spacial score (nSPS) is 17.4. The third-order valence-corrected chi connectivity index (χ3v) is 4.59. The fourth-order valence-electron chi connectivity index (χ4n) is 2.20. The zero-order valence-corrected chi connectivity index (χ0v) is 11.7. The average molecular weight is 282 g/mol. The Morgan fingerprint density at radius 3 is 2.81 bits per heavy atom. The minimum atomic E-state index is 0.495. The van der Waals surface area contributed by atoms with E-state index >= 15 is 0 Å². The van der Waals surface area contributed by atoms with Crippen LogP contribution < -0.4 is 5.32 Å². The van der Waals surface area contributed by atoms with Crippen molar-refractivity contribution in [2.24, 2.45) is 5.92 Å². The molecule has 2 rings (SSSR count). The molecule has 1 aromatic rings. The Balaban J connectivity index is 2.08. The minimum absolute atomic E-state index is 0.495. The lowest BCUT2D eigenvalue weighted by atomic mass is 9.99. The smallest absolute Gasteiger partial charge is 0.0328 e. The molecule has 1 atom stereocenters. The quantitative estimate of drug-likeness (QED) is 0.853. The van der Waals surface area contributed by atoms with Crippen LogP contribution in [0.1, 0.15) is 42.9 Å². The predicted molar refractivity (Wildman–Crippen MR) is 72.6 cm³/mol. The maximum Gasteiger partial charge on any atom is 0.0328 e. The van der Waals surface area contributed by atoms with Crippen LogP contribution in [-0.4, -0.2) is 7.05 Å². The van der Waals surface area contributed by atoms with Gasteiger partial charge in [0, 0.05) is 10.5 Å². The highest BCUT2D eigenvalue weighted by molar-refractivity contribution is 9.10. The average Bonchev–Trinajstić information content (AvgIpc) is 3.08. The van der Waals surface area contributed by atoms with Gasteiger partial charge >= 0.3 is 0 Å². The summed E-state index contributed by atoms with van der Waals surface area (Å²) >= 11 is 3.70. The molecule has 2 heteroatoms. The summed E-state index contributed by atoms with van der Waals surface area (Å²) in [5.41, 5.74) is 2.73. The summed E-state index contributed by atoms with van der Waals surface area (Å²) in [5, 5.41) is 3.44. The first-order chi connectivity index (χ1) is 7.72. The molecule has 1 aliphatic carbocycles. The van der Waals surface area contributed by atoms with Crippen molar-refractivity contribution in [2.75, 3.05) is 7.05 Å². The molecule has 1 unspecified atom stereocenters. The molecule has 0 heterocycles. The highest BCUT2D eigenvalue weighted by Gasteiger charge is 2.23. The molecular formula is C14H20BrN. The topological polar surface area (TPSA) is 12.0 Å². The molecule has 88 valence electrons. The lowest BCUT2D eigenvalue weighted by Crippen LogP contribution is -2.17. The van der Waals surface area contributed by atoms with Gasteiger partial charge in [0.05, 0.1) is 0 Å². The largest absolute Gasteiger partial charge is 0.313 e. The number of hydrogen-bond donors (Lipinski definition) is 1. The van der Waals surface area contributed by atoms with E-state index in [2.05, 4.69) is 53.4 Å². The van der Waals surface area contributed by atoms with Crippen LogP contribution in [0.25, 0.3) is 0 Å². The van der Waals surface area contributed by atoms with Crippen molar-refractivity contribution >= 4 is 15.9 Å². The minimum Gasteiger partial charge on any atom is -0.313 e. The van der Waals surface area contributed by atoms with Gasteiger partial charge in [-0.2, -0.15) is 0 Å². The molecule has 1 saturated carbocycles. The van der Waals surface area contributed by atoms with Crippen molar-refractivity contribution in [3.63, 3.8) is 0 Å². The molecule has 1 N–H and O–H groups in total. The van der Waals surface area contributed by atoms with E-state index < -0.39 is 0 Å². The van der Waals surface area contributed by atoms with E-state index in [-0.39, 0.29) is 0 Å². The van der Waals surface area contributed by atoms with Crippen molar-refractivity contribution in [2.45, 2.75) is 38.6 Å². The second-order valence-corrected chi connectivity index (χ2v) is 5.63. The second kappa shape index (κ2) is 5.33. The third kappa shape index (κ3) is 2.86. The highest BCUT2D eigenvalue weighted by Crippen LogP contribution is 2.37. The zero-order chi connectivity index (χ0) is 11.5. The Bertz CT molecular complexity index is 358. The highest BCUT2D eigenvalue weighted by atomic mass is 79.9. The summed E-state index contributed by atoms with van der Waals surface area (Å²) in [6.07, 6.45) is 5.52. The number of halogens is 1. The molecule has 0 spiro atoms. The lowest BCUT2D eigenvalue weighted by Gasteiger charge is -2.19. The van der Waals surface area contributed by atoms with Crippen LogP contribution in [0.4, 0.5) is 0 Å². The Morgan fingerprint density at radius 1 is 1.44 bits per heavy atom. The summed E-state index contributed by atoms with van der Waals surface area (Å²) in [5.74, 6) is 1.01. The first-order valence-electron chi connectivity index (χ1n) is 6.14. The van der Waals surface area contributed by atoms with Gasteiger partial charge < -0.3 is 5.32 Å². The Kier molecular flexibility index (Phi) is 4.04. The van der Waals surface area contributed by atoms with E-state index in [0.717, 1.165) is 5.92 Å². The van der Waals surface area contributed by atoms with Crippen LogP contribution in [0.3, 0.4) is 0 Å². The molecule has 0 bridgehead atoms. The Hall–Kier alpha value is -0.340. The summed E-state index contributed by atoms with van der Waals surface area (Å²) < 4.78 is 1.27. The van der Waals surface area contributed by atoms with Gasteiger partial charge in [0.25, 0.3) is 0 Å². The fraction of sp³-hybridized carbons (Fsp3) is 0.571. The molecule has 1 aromatic carbocycles. The maximum absolute atomic E-state index is 3.70. The van der Waals surface area contributed by atoms with Crippen molar-refractivity contribution < 1.29 is 0 Å². The van der Waals surface area contributed by atoms with Gasteiger partial charge in [-0.05, 0) is 43.9 Å². The van der Waals surface area contributed by atoms with Gasteiger partial charge in [-0.3, -0.25) is 0 Å². The number of rotatable bonds is 5. The lowest BCUT2D eigenvalue weighted by molar-refractivity contribution is 0.504. The van der Waals surface area contributed by atoms with E-state index in [4.69, 9.17) is 0 Å². The molecule has 0 aliphatic heterocycles. The molecule has 1 fully saturated rings. The zero-order valence-electron chi connectivity index (χ0n) is 10.1. The molecule has 1 aliphatic rings. The Labute approximate surface area is 107 Å².